The third-order valence-corrected chi connectivity index (χ3v) is 19.1. The van der Waals surface area contributed by atoms with Crippen molar-refractivity contribution in [2.45, 2.75) is 91.9 Å². The number of allylic oxidation sites excluding steroid dienone is 8. The average molecular weight is 783 g/mol. The van der Waals surface area contributed by atoms with E-state index in [1.54, 1.807) is 0 Å². The zero-order valence-corrected chi connectivity index (χ0v) is 34.3. The van der Waals surface area contributed by atoms with Crippen molar-refractivity contribution in [2.75, 3.05) is 22.9 Å². The Morgan fingerprint density at radius 2 is 0.909 bits per heavy atom. The fraction of sp³-hybridized carbons (Fsp3) is 0.333. The van der Waals surface area contributed by atoms with Gasteiger partial charge in [0, 0.05) is 0 Å². The molecule has 0 bridgehead atoms. The van der Waals surface area contributed by atoms with Crippen LogP contribution in [0.15, 0.2) is 117 Å². The van der Waals surface area contributed by atoms with Crippen LogP contribution in [0.5, 0.6) is 0 Å². The van der Waals surface area contributed by atoms with Gasteiger partial charge in [0.15, 0.2) is 0 Å². The Morgan fingerprint density at radius 1 is 0.509 bits per heavy atom. The number of halogens is 4. The average Bonchev–Trinajstić information content (AvgIpc) is 3.93. The molecule has 0 saturated heterocycles. The Bertz CT molecular complexity index is 1910. The number of rotatable bonds is 18. The van der Waals surface area contributed by atoms with Crippen LogP contribution in [0.1, 0.15) is 89.2 Å². The molecule has 4 aromatic rings. The summed E-state index contributed by atoms with van der Waals surface area (Å²) in [6, 6.07) is 21.4. The first kappa shape index (κ1) is 40.5. The van der Waals surface area contributed by atoms with Crippen molar-refractivity contribution >= 4 is 30.5 Å². The van der Waals surface area contributed by atoms with Crippen LogP contribution in [0.25, 0.3) is 0 Å². The van der Waals surface area contributed by atoms with E-state index >= 15 is 17.6 Å². The molecular formula is C48H54F4N2Ti. The fourth-order valence-corrected chi connectivity index (χ4v) is 16.5. The summed E-state index contributed by atoms with van der Waals surface area (Å²) in [4.78, 5) is 3.84. The predicted molar refractivity (Wildman–Crippen MR) is 220 cm³/mol. The van der Waals surface area contributed by atoms with E-state index in [2.05, 4.69) is 13.8 Å². The van der Waals surface area contributed by atoms with Crippen LogP contribution in [0.2, 0.25) is 0 Å². The van der Waals surface area contributed by atoms with Gasteiger partial charge in [-0.15, -0.1) is 0 Å². The molecular weight excluding hydrogens is 728 g/mol. The zero-order valence-electron chi connectivity index (χ0n) is 32.8. The maximum absolute atomic E-state index is 18.1. The Kier molecular flexibility index (Phi) is 13.8. The first-order valence-electron chi connectivity index (χ1n) is 20.1. The number of nitrogens with zero attached hydrogens (tertiary/aromatic N) is 2. The van der Waals surface area contributed by atoms with Crippen molar-refractivity contribution < 1.29 is 34.2 Å². The molecule has 0 N–H and O–H groups in total. The third-order valence-electron chi connectivity index (χ3n) is 11.1. The molecule has 0 radical (unpaired) electrons. The number of benzene rings is 4. The second kappa shape index (κ2) is 18.7. The van der Waals surface area contributed by atoms with Crippen LogP contribution in [-0.4, -0.2) is 13.1 Å². The summed E-state index contributed by atoms with van der Waals surface area (Å²) in [7, 11) is 0. The Balaban J connectivity index is 1.62. The van der Waals surface area contributed by atoms with Gasteiger partial charge in [0.25, 0.3) is 0 Å². The molecule has 0 unspecified atom stereocenters. The minimum atomic E-state index is -5.10. The van der Waals surface area contributed by atoms with Crippen molar-refractivity contribution in [3.63, 3.8) is 0 Å². The van der Waals surface area contributed by atoms with Gasteiger partial charge in [0.05, 0.1) is 0 Å². The van der Waals surface area contributed by atoms with E-state index in [9.17, 15) is 0 Å². The van der Waals surface area contributed by atoms with Gasteiger partial charge in [-0.3, -0.25) is 0 Å². The molecule has 4 aromatic carbocycles. The third kappa shape index (κ3) is 8.51. The van der Waals surface area contributed by atoms with Crippen LogP contribution in [0.3, 0.4) is 0 Å². The Labute approximate surface area is 329 Å². The standard InChI is InChI=1S/2C19H22F2N.2C5H5.Ti/c2*1-3-4-5-6-13-22(17-10-7-15(2)8-11-17)19-12-9-16(20)14-18(19)21;2*1-2-4-5-3-1;/h2*7-12H,3-6,13H2,1-2H3;2*1-3H,4H2;. The molecule has 55 heavy (non-hydrogen) atoms. The second-order valence-corrected chi connectivity index (χ2v) is 20.9. The van der Waals surface area contributed by atoms with Crippen LogP contribution in [0.4, 0.5) is 40.3 Å². The molecule has 0 heterocycles. The first-order valence-corrected chi connectivity index (χ1v) is 23.2. The predicted octanol–water partition coefficient (Wildman–Crippen LogP) is 13.1. The SMILES string of the molecule is CCCCCCN(c1ccc(C)cc1)c1ccc(F)[c]([Ti]([C]2=CC=CC2)([C]2=CC=CC2)[c]2c(F)ccc(N(CCCCCC)c3ccc(C)cc3)c2F)c1F. The van der Waals surface area contributed by atoms with Gasteiger partial charge in [0.1, 0.15) is 0 Å². The molecule has 0 aromatic heterocycles. The monoisotopic (exact) mass is 782 g/mol. The quantitative estimate of drug-likeness (QED) is 0.0563. The summed E-state index contributed by atoms with van der Waals surface area (Å²) in [6.45, 7) is 9.33. The molecule has 7 heteroatoms. The van der Waals surface area contributed by atoms with E-state index < -0.39 is 39.9 Å². The van der Waals surface area contributed by atoms with Gasteiger partial charge in [-0.25, -0.2) is 0 Å². The van der Waals surface area contributed by atoms with Crippen LogP contribution >= 0.6 is 0 Å². The maximum atomic E-state index is 18.1. The molecule has 2 nitrogen and oxygen atoms in total. The molecule has 0 amide bonds. The number of unbranched alkanes of at least 4 members (excludes halogenated alkanes) is 6. The van der Waals surface area contributed by atoms with E-state index in [1.807, 2.05) is 109 Å². The second-order valence-electron chi connectivity index (χ2n) is 15.0. The number of hydrogen-bond donors (Lipinski definition) is 0. The zero-order chi connectivity index (χ0) is 39.0. The van der Waals surface area contributed by atoms with Crippen molar-refractivity contribution in [1.29, 1.82) is 0 Å². The normalized spacial score (nSPS) is 13.7. The molecule has 0 aliphatic heterocycles. The van der Waals surface area contributed by atoms with Crippen molar-refractivity contribution in [3.8, 4) is 0 Å². The van der Waals surface area contributed by atoms with E-state index in [0.717, 1.165) is 73.9 Å². The first-order chi connectivity index (χ1) is 26.7. The number of hydrogen-bond acceptors (Lipinski definition) is 2. The van der Waals surface area contributed by atoms with E-state index in [-0.39, 0.29) is 19.1 Å². The molecule has 0 saturated carbocycles. The molecule has 2 aliphatic carbocycles. The van der Waals surface area contributed by atoms with Gasteiger partial charge in [-0.1, -0.05) is 0 Å². The van der Waals surface area contributed by atoms with E-state index in [0.29, 0.717) is 33.7 Å². The van der Waals surface area contributed by atoms with Crippen LogP contribution < -0.4 is 17.5 Å². The minimum absolute atomic E-state index is 0.173. The van der Waals surface area contributed by atoms with Gasteiger partial charge in [0.2, 0.25) is 0 Å². The number of aryl methyl sites for hydroxylation is 2. The molecule has 288 valence electrons. The molecule has 2 aliphatic rings. The summed E-state index contributed by atoms with van der Waals surface area (Å²) in [5.41, 5.74) is 4.16. The summed E-state index contributed by atoms with van der Waals surface area (Å²) >= 11 is -5.10. The van der Waals surface area contributed by atoms with Crippen molar-refractivity contribution in [1.82, 2.24) is 0 Å². The fourth-order valence-electron chi connectivity index (χ4n) is 8.23. The van der Waals surface area contributed by atoms with Crippen LogP contribution in [0, 0.1) is 37.1 Å². The molecule has 0 spiro atoms. The van der Waals surface area contributed by atoms with Gasteiger partial charge >= 0.3 is 331 Å². The summed E-state index contributed by atoms with van der Waals surface area (Å²) in [6.07, 6.45) is 19.8. The van der Waals surface area contributed by atoms with Gasteiger partial charge < -0.3 is 0 Å². The molecule has 6 rings (SSSR count). The summed E-state index contributed by atoms with van der Waals surface area (Å²) in [5, 5.41) is 0. The number of anilines is 4. The van der Waals surface area contributed by atoms with Crippen molar-refractivity contribution in [3.05, 3.63) is 151 Å². The van der Waals surface area contributed by atoms with Gasteiger partial charge in [-0.2, -0.15) is 0 Å². The van der Waals surface area contributed by atoms with E-state index in [1.165, 1.54) is 24.3 Å². The summed E-state index contributed by atoms with van der Waals surface area (Å²) in [5.74, 6) is -3.02. The van der Waals surface area contributed by atoms with Crippen molar-refractivity contribution in [2.24, 2.45) is 0 Å². The molecule has 0 fully saturated rings. The topological polar surface area (TPSA) is 6.48 Å². The van der Waals surface area contributed by atoms with Crippen LogP contribution in [-0.2, 0) is 16.6 Å². The summed E-state index contributed by atoms with van der Waals surface area (Å²) < 4.78 is 71.4. The van der Waals surface area contributed by atoms with Gasteiger partial charge in [-0.05, 0) is 0 Å². The Hall–Kier alpha value is -4.13. The van der Waals surface area contributed by atoms with E-state index in [4.69, 9.17) is 0 Å². The molecule has 0 atom stereocenters. The Morgan fingerprint density at radius 3 is 1.25 bits per heavy atom.